The number of benzene rings is 2. The molecule has 1 N–H and O–H groups in total. The van der Waals surface area contributed by atoms with Crippen molar-refractivity contribution in [1.82, 2.24) is 4.57 Å². The zero-order valence-corrected chi connectivity index (χ0v) is 16.2. The fourth-order valence-corrected chi connectivity index (χ4v) is 3.35. The van der Waals surface area contributed by atoms with Crippen LogP contribution in [0.3, 0.4) is 0 Å². The lowest BCUT2D eigenvalue weighted by atomic mass is 10.1. The highest BCUT2D eigenvalue weighted by Gasteiger charge is 2.21. The van der Waals surface area contributed by atoms with E-state index in [-0.39, 0.29) is 11.7 Å². The number of rotatable bonds is 6. The van der Waals surface area contributed by atoms with E-state index in [0.29, 0.717) is 30.7 Å². The number of aromatic nitrogens is 1. The summed E-state index contributed by atoms with van der Waals surface area (Å²) in [5.74, 6) is 0.615. The average Bonchev–Trinajstić information content (AvgIpc) is 2.90. The fourth-order valence-electron chi connectivity index (χ4n) is 3.35. The van der Waals surface area contributed by atoms with Crippen LogP contribution in [0.4, 0.5) is 0 Å². The van der Waals surface area contributed by atoms with Gasteiger partial charge >= 0.3 is 5.97 Å². The van der Waals surface area contributed by atoms with Gasteiger partial charge in [-0.15, -0.1) is 0 Å². The van der Waals surface area contributed by atoms with Crippen molar-refractivity contribution in [1.29, 1.82) is 0 Å². The summed E-state index contributed by atoms with van der Waals surface area (Å²) in [7, 11) is 0. The maximum atomic E-state index is 12.4. The van der Waals surface area contributed by atoms with Crippen LogP contribution < -0.4 is 4.74 Å². The number of carbonyl (C=O) groups is 1. The number of esters is 1. The van der Waals surface area contributed by atoms with E-state index in [1.807, 2.05) is 36.6 Å². The first-order chi connectivity index (χ1) is 12.9. The highest BCUT2D eigenvalue weighted by atomic mass is 16.5. The molecule has 3 rings (SSSR count). The molecule has 0 radical (unpaired) electrons. The van der Waals surface area contributed by atoms with Crippen LogP contribution in [0.2, 0.25) is 0 Å². The number of hydrogen-bond acceptors (Lipinski definition) is 4. The quantitative estimate of drug-likeness (QED) is 0.651. The summed E-state index contributed by atoms with van der Waals surface area (Å²) in [5, 5.41) is 10.6. The van der Waals surface area contributed by atoms with Crippen molar-refractivity contribution in [3.8, 4) is 11.5 Å². The molecule has 0 amide bonds. The second-order valence-electron chi connectivity index (χ2n) is 6.58. The van der Waals surface area contributed by atoms with E-state index in [1.54, 1.807) is 19.1 Å². The largest absolute Gasteiger partial charge is 0.508 e. The molecule has 1 aromatic heterocycles. The number of aromatic hydroxyl groups is 1. The van der Waals surface area contributed by atoms with E-state index in [0.717, 1.165) is 22.5 Å². The number of hydrogen-bond donors (Lipinski definition) is 1. The molecule has 0 unspecified atom stereocenters. The number of nitrogens with zero attached hydrogens (tertiary/aromatic N) is 1. The average molecular weight is 367 g/mol. The lowest BCUT2D eigenvalue weighted by molar-refractivity contribution is 0.0527. The molecular formula is C22H25NO4. The van der Waals surface area contributed by atoms with Gasteiger partial charge in [0.1, 0.15) is 18.1 Å². The summed E-state index contributed by atoms with van der Waals surface area (Å²) in [6, 6.07) is 11.1. The maximum Gasteiger partial charge on any atom is 0.340 e. The predicted octanol–water partition coefficient (Wildman–Crippen LogP) is 4.53. The molecule has 0 spiro atoms. The van der Waals surface area contributed by atoms with Gasteiger partial charge in [0, 0.05) is 16.6 Å². The zero-order chi connectivity index (χ0) is 19.6. The van der Waals surface area contributed by atoms with E-state index < -0.39 is 0 Å². The van der Waals surface area contributed by atoms with Crippen molar-refractivity contribution < 1.29 is 19.4 Å². The smallest absolute Gasteiger partial charge is 0.340 e. The van der Waals surface area contributed by atoms with E-state index in [1.165, 1.54) is 5.56 Å². The first-order valence-corrected chi connectivity index (χ1v) is 9.12. The highest BCUT2D eigenvalue weighted by molar-refractivity contribution is 6.06. The number of phenols is 1. The fraction of sp³-hybridized carbons (Fsp3) is 0.318. The Hall–Kier alpha value is -2.95. The Labute approximate surface area is 159 Å². The SMILES string of the molecule is CCOC(=O)c1c(C)n(CCOc2cccc(C)c2C)c2ccc(O)cc12. The van der Waals surface area contributed by atoms with Crippen LogP contribution in [0.5, 0.6) is 11.5 Å². The van der Waals surface area contributed by atoms with Gasteiger partial charge in [-0.25, -0.2) is 4.79 Å². The van der Waals surface area contributed by atoms with Gasteiger partial charge in [-0.1, -0.05) is 12.1 Å². The lowest BCUT2D eigenvalue weighted by Gasteiger charge is -2.13. The predicted molar refractivity (Wildman–Crippen MR) is 106 cm³/mol. The molecule has 0 bridgehead atoms. The van der Waals surface area contributed by atoms with E-state index in [2.05, 4.69) is 13.0 Å². The van der Waals surface area contributed by atoms with Gasteiger partial charge in [0.15, 0.2) is 0 Å². The van der Waals surface area contributed by atoms with Gasteiger partial charge in [-0.05, 0) is 63.1 Å². The van der Waals surface area contributed by atoms with Crippen LogP contribution in [-0.4, -0.2) is 28.9 Å². The van der Waals surface area contributed by atoms with Crippen LogP contribution in [0, 0.1) is 20.8 Å². The normalized spacial score (nSPS) is 11.0. The molecule has 0 aliphatic carbocycles. The van der Waals surface area contributed by atoms with Gasteiger partial charge in [0.05, 0.1) is 18.7 Å². The standard InChI is InChI=1S/C22H25NO4/c1-5-26-22(25)21-16(4)23(19-10-9-17(24)13-18(19)21)11-12-27-20-8-6-7-14(2)15(20)3/h6-10,13,24H,5,11-12H2,1-4H3. The molecule has 5 heteroatoms. The van der Waals surface area contributed by atoms with Gasteiger partial charge in [0.2, 0.25) is 0 Å². The molecule has 0 saturated heterocycles. The Morgan fingerprint density at radius 2 is 1.93 bits per heavy atom. The van der Waals surface area contributed by atoms with Crippen molar-refractivity contribution in [3.63, 3.8) is 0 Å². The highest BCUT2D eigenvalue weighted by Crippen LogP contribution is 2.30. The number of fused-ring (bicyclic) bond motifs is 1. The second-order valence-corrected chi connectivity index (χ2v) is 6.58. The summed E-state index contributed by atoms with van der Waals surface area (Å²) in [4.78, 5) is 12.4. The van der Waals surface area contributed by atoms with E-state index in [4.69, 9.17) is 9.47 Å². The molecule has 0 fully saturated rings. The molecule has 5 nitrogen and oxygen atoms in total. The molecule has 0 aliphatic rings. The van der Waals surface area contributed by atoms with Gasteiger partial charge < -0.3 is 19.1 Å². The first-order valence-electron chi connectivity index (χ1n) is 9.12. The summed E-state index contributed by atoms with van der Waals surface area (Å²) in [6.07, 6.45) is 0. The molecule has 0 saturated carbocycles. The number of phenolic OH excluding ortho intramolecular Hbond substituents is 1. The monoisotopic (exact) mass is 367 g/mol. The first kappa shape index (κ1) is 18.8. The lowest BCUT2D eigenvalue weighted by Crippen LogP contribution is -2.12. The molecular weight excluding hydrogens is 342 g/mol. The van der Waals surface area contributed by atoms with Gasteiger partial charge in [-0.2, -0.15) is 0 Å². The van der Waals surface area contributed by atoms with Crippen LogP contribution in [0.15, 0.2) is 36.4 Å². The third kappa shape index (κ3) is 3.63. The van der Waals surface area contributed by atoms with Crippen LogP contribution in [-0.2, 0) is 11.3 Å². The minimum Gasteiger partial charge on any atom is -0.508 e. The molecule has 0 atom stereocenters. The van der Waals surface area contributed by atoms with Crippen molar-refractivity contribution in [3.05, 3.63) is 58.8 Å². The summed E-state index contributed by atoms with van der Waals surface area (Å²) in [6.45, 7) is 9.13. The molecule has 0 aliphatic heterocycles. The topological polar surface area (TPSA) is 60.7 Å². The number of ether oxygens (including phenoxy) is 2. The van der Waals surface area contributed by atoms with Crippen molar-refractivity contribution >= 4 is 16.9 Å². The Kier molecular flexibility index (Phi) is 5.40. The molecule has 2 aromatic carbocycles. The summed E-state index contributed by atoms with van der Waals surface area (Å²) >= 11 is 0. The molecule has 27 heavy (non-hydrogen) atoms. The Balaban J connectivity index is 1.91. The molecule has 1 heterocycles. The third-order valence-corrected chi connectivity index (χ3v) is 4.91. The second kappa shape index (κ2) is 7.74. The van der Waals surface area contributed by atoms with Crippen molar-refractivity contribution in [2.75, 3.05) is 13.2 Å². The Morgan fingerprint density at radius 1 is 1.15 bits per heavy atom. The minimum absolute atomic E-state index is 0.122. The third-order valence-electron chi connectivity index (χ3n) is 4.91. The summed E-state index contributed by atoms with van der Waals surface area (Å²) < 4.78 is 13.2. The van der Waals surface area contributed by atoms with Gasteiger partial charge in [-0.3, -0.25) is 0 Å². The van der Waals surface area contributed by atoms with Gasteiger partial charge in [0.25, 0.3) is 0 Å². The maximum absolute atomic E-state index is 12.4. The molecule has 142 valence electrons. The zero-order valence-electron chi connectivity index (χ0n) is 16.2. The van der Waals surface area contributed by atoms with Crippen LogP contribution in [0.25, 0.3) is 10.9 Å². The number of carbonyl (C=O) groups excluding carboxylic acids is 1. The minimum atomic E-state index is -0.375. The van der Waals surface area contributed by atoms with E-state index >= 15 is 0 Å². The van der Waals surface area contributed by atoms with Crippen LogP contribution >= 0.6 is 0 Å². The summed E-state index contributed by atoms with van der Waals surface area (Å²) in [5.41, 5.74) is 4.49. The van der Waals surface area contributed by atoms with Crippen molar-refractivity contribution in [2.24, 2.45) is 0 Å². The Morgan fingerprint density at radius 3 is 2.67 bits per heavy atom. The Bertz CT molecular complexity index is 988. The van der Waals surface area contributed by atoms with E-state index in [9.17, 15) is 9.90 Å². The van der Waals surface area contributed by atoms with Crippen LogP contribution in [0.1, 0.15) is 34.1 Å². The number of aryl methyl sites for hydroxylation is 1. The van der Waals surface area contributed by atoms with Crippen molar-refractivity contribution in [2.45, 2.75) is 34.2 Å². The molecule has 3 aromatic rings.